The number of carbonyl (C=O) groups excluding carboxylic acids is 1. The summed E-state index contributed by atoms with van der Waals surface area (Å²) in [6, 6.07) is 5.36. The molecule has 0 radical (unpaired) electrons. The molecule has 2 rings (SSSR count). The van der Waals surface area contributed by atoms with Crippen molar-refractivity contribution in [2.24, 2.45) is 0 Å². The molecule has 106 valence electrons. The second-order valence-corrected chi connectivity index (χ2v) is 5.00. The Morgan fingerprint density at radius 3 is 2.60 bits per heavy atom. The third-order valence-corrected chi connectivity index (χ3v) is 3.34. The molecule has 1 aromatic carbocycles. The van der Waals surface area contributed by atoms with Gasteiger partial charge in [0.2, 0.25) is 0 Å². The Kier molecular flexibility index (Phi) is 5.74. The fraction of sp³-hybridized carbons (Fsp3) is 0.400. The number of benzene rings is 1. The lowest BCUT2D eigenvalue weighted by atomic mass is 10.1. The summed E-state index contributed by atoms with van der Waals surface area (Å²) in [4.78, 5) is 20.4. The third-order valence-electron chi connectivity index (χ3n) is 3.08. The number of rotatable bonds is 7. The highest BCUT2D eigenvalue weighted by Gasteiger charge is 2.06. The van der Waals surface area contributed by atoms with E-state index in [1.54, 1.807) is 24.5 Å². The molecular formula is C15H18ClN3O. The lowest BCUT2D eigenvalue weighted by molar-refractivity contribution is 0.0953. The summed E-state index contributed by atoms with van der Waals surface area (Å²) in [6.07, 6.45) is 7.50. The van der Waals surface area contributed by atoms with E-state index in [0.29, 0.717) is 18.0 Å². The second-order valence-electron chi connectivity index (χ2n) is 4.62. The minimum Gasteiger partial charge on any atom is -0.352 e. The number of carbonyl (C=O) groups is 1. The van der Waals surface area contributed by atoms with E-state index in [2.05, 4.69) is 15.3 Å². The predicted molar refractivity (Wildman–Crippen MR) is 81.1 cm³/mol. The van der Waals surface area contributed by atoms with Gasteiger partial charge in [0.15, 0.2) is 0 Å². The zero-order valence-electron chi connectivity index (χ0n) is 11.3. The Hall–Kier alpha value is -1.68. The average Bonchev–Trinajstić information content (AvgIpc) is 2.50. The summed E-state index contributed by atoms with van der Waals surface area (Å²) in [7, 11) is 0. The summed E-state index contributed by atoms with van der Waals surface area (Å²) >= 11 is 5.61. The Morgan fingerprint density at radius 2 is 1.80 bits per heavy atom. The van der Waals surface area contributed by atoms with Gasteiger partial charge in [-0.1, -0.05) is 12.8 Å². The minimum absolute atomic E-state index is 0.0603. The first-order chi connectivity index (χ1) is 9.81. The van der Waals surface area contributed by atoms with Gasteiger partial charge in [-0.15, -0.1) is 11.6 Å². The molecule has 0 unspecified atom stereocenters. The van der Waals surface area contributed by atoms with Crippen molar-refractivity contribution in [2.75, 3.05) is 12.4 Å². The van der Waals surface area contributed by atoms with E-state index in [1.807, 2.05) is 6.07 Å². The molecule has 0 fully saturated rings. The largest absolute Gasteiger partial charge is 0.352 e. The summed E-state index contributed by atoms with van der Waals surface area (Å²) in [5, 5.41) is 2.92. The van der Waals surface area contributed by atoms with Gasteiger partial charge in [-0.2, -0.15) is 0 Å². The van der Waals surface area contributed by atoms with E-state index in [9.17, 15) is 4.79 Å². The summed E-state index contributed by atoms with van der Waals surface area (Å²) in [5.74, 6) is 0.653. The van der Waals surface area contributed by atoms with Gasteiger partial charge in [-0.05, 0) is 31.0 Å². The average molecular weight is 292 g/mol. The number of aromatic nitrogens is 2. The lowest BCUT2D eigenvalue weighted by Crippen LogP contribution is -2.24. The van der Waals surface area contributed by atoms with Crippen molar-refractivity contribution >= 4 is 28.5 Å². The number of amides is 1. The van der Waals surface area contributed by atoms with Gasteiger partial charge < -0.3 is 5.32 Å². The summed E-state index contributed by atoms with van der Waals surface area (Å²) in [6.45, 7) is 0.694. The maximum absolute atomic E-state index is 12.0. The molecule has 1 N–H and O–H groups in total. The maximum Gasteiger partial charge on any atom is 0.251 e. The van der Waals surface area contributed by atoms with Crippen LogP contribution in [0.5, 0.6) is 0 Å². The molecule has 0 aliphatic rings. The molecule has 0 atom stereocenters. The van der Waals surface area contributed by atoms with Gasteiger partial charge in [-0.25, -0.2) is 0 Å². The first-order valence-electron chi connectivity index (χ1n) is 6.86. The van der Waals surface area contributed by atoms with Crippen LogP contribution in [0.15, 0.2) is 30.6 Å². The standard InChI is InChI=1S/C15H18ClN3O/c16-7-3-1-2-4-8-19-15(20)12-5-6-13-14(11-12)18-10-9-17-13/h5-6,9-11H,1-4,7-8H2,(H,19,20). The molecule has 0 saturated heterocycles. The van der Waals surface area contributed by atoms with E-state index in [0.717, 1.165) is 36.7 Å². The molecular weight excluding hydrogens is 274 g/mol. The highest BCUT2D eigenvalue weighted by Crippen LogP contribution is 2.10. The van der Waals surface area contributed by atoms with E-state index >= 15 is 0 Å². The van der Waals surface area contributed by atoms with E-state index in [4.69, 9.17) is 11.6 Å². The van der Waals surface area contributed by atoms with Crippen LogP contribution in [-0.4, -0.2) is 28.3 Å². The van der Waals surface area contributed by atoms with Gasteiger partial charge in [0.1, 0.15) is 0 Å². The minimum atomic E-state index is -0.0603. The van der Waals surface area contributed by atoms with Crippen LogP contribution in [0.2, 0.25) is 0 Å². The lowest BCUT2D eigenvalue weighted by Gasteiger charge is -2.05. The fourth-order valence-electron chi connectivity index (χ4n) is 1.98. The molecule has 5 heteroatoms. The number of fused-ring (bicyclic) bond motifs is 1. The van der Waals surface area contributed by atoms with Crippen molar-refractivity contribution < 1.29 is 4.79 Å². The zero-order valence-corrected chi connectivity index (χ0v) is 12.1. The second kappa shape index (κ2) is 7.80. The molecule has 0 spiro atoms. The van der Waals surface area contributed by atoms with Gasteiger partial charge in [0, 0.05) is 30.4 Å². The molecule has 0 bridgehead atoms. The topological polar surface area (TPSA) is 54.9 Å². The molecule has 1 heterocycles. The number of nitrogens with one attached hydrogen (secondary N) is 1. The monoisotopic (exact) mass is 291 g/mol. The van der Waals surface area contributed by atoms with Crippen molar-refractivity contribution in [3.05, 3.63) is 36.2 Å². The number of halogens is 1. The van der Waals surface area contributed by atoms with Crippen molar-refractivity contribution in [3.8, 4) is 0 Å². The summed E-state index contributed by atoms with van der Waals surface area (Å²) in [5.41, 5.74) is 2.16. The predicted octanol–water partition coefficient (Wildman–Crippen LogP) is 3.16. The Balaban J connectivity index is 1.84. The normalized spacial score (nSPS) is 10.7. The highest BCUT2D eigenvalue weighted by molar-refractivity contribution is 6.17. The van der Waals surface area contributed by atoms with Crippen molar-refractivity contribution in [2.45, 2.75) is 25.7 Å². The van der Waals surface area contributed by atoms with Crippen molar-refractivity contribution in [1.29, 1.82) is 0 Å². The highest BCUT2D eigenvalue weighted by atomic mass is 35.5. The van der Waals surface area contributed by atoms with Crippen LogP contribution in [0, 0.1) is 0 Å². The number of hydrogen-bond donors (Lipinski definition) is 1. The molecule has 20 heavy (non-hydrogen) atoms. The molecule has 0 saturated carbocycles. The Labute approximate surface area is 123 Å². The number of alkyl halides is 1. The Morgan fingerprint density at radius 1 is 1.05 bits per heavy atom. The van der Waals surface area contributed by atoms with Crippen LogP contribution in [0.4, 0.5) is 0 Å². The van der Waals surface area contributed by atoms with Crippen molar-refractivity contribution in [3.63, 3.8) is 0 Å². The smallest absolute Gasteiger partial charge is 0.251 e. The molecule has 4 nitrogen and oxygen atoms in total. The molecule has 2 aromatic rings. The first-order valence-corrected chi connectivity index (χ1v) is 7.39. The van der Waals surface area contributed by atoms with Gasteiger partial charge in [0.25, 0.3) is 5.91 Å². The fourth-order valence-corrected chi connectivity index (χ4v) is 2.17. The van der Waals surface area contributed by atoms with Gasteiger partial charge in [-0.3, -0.25) is 14.8 Å². The molecule has 0 aliphatic heterocycles. The molecule has 1 amide bonds. The van der Waals surface area contributed by atoms with E-state index < -0.39 is 0 Å². The zero-order chi connectivity index (χ0) is 14.2. The molecule has 1 aromatic heterocycles. The Bertz CT molecular complexity index is 574. The number of unbranched alkanes of at least 4 members (excludes halogenated alkanes) is 3. The van der Waals surface area contributed by atoms with Crippen LogP contribution in [0.3, 0.4) is 0 Å². The van der Waals surface area contributed by atoms with Crippen LogP contribution in [0.1, 0.15) is 36.0 Å². The maximum atomic E-state index is 12.0. The van der Waals surface area contributed by atoms with Crippen LogP contribution < -0.4 is 5.32 Å². The van der Waals surface area contributed by atoms with Gasteiger partial charge >= 0.3 is 0 Å². The molecule has 0 aliphatic carbocycles. The van der Waals surface area contributed by atoms with Crippen LogP contribution in [-0.2, 0) is 0 Å². The van der Waals surface area contributed by atoms with E-state index in [-0.39, 0.29) is 5.91 Å². The third kappa shape index (κ3) is 4.17. The SMILES string of the molecule is O=C(NCCCCCCCl)c1ccc2nccnc2c1. The number of hydrogen-bond acceptors (Lipinski definition) is 3. The van der Waals surface area contributed by atoms with E-state index in [1.165, 1.54) is 0 Å². The van der Waals surface area contributed by atoms with Crippen LogP contribution in [0.25, 0.3) is 11.0 Å². The summed E-state index contributed by atoms with van der Waals surface area (Å²) < 4.78 is 0. The number of nitrogens with zero attached hydrogens (tertiary/aromatic N) is 2. The van der Waals surface area contributed by atoms with Gasteiger partial charge in [0.05, 0.1) is 11.0 Å². The van der Waals surface area contributed by atoms with Crippen molar-refractivity contribution in [1.82, 2.24) is 15.3 Å². The van der Waals surface area contributed by atoms with Crippen LogP contribution >= 0.6 is 11.6 Å². The quantitative estimate of drug-likeness (QED) is 0.630. The first kappa shape index (κ1) is 14.7.